The Hall–Kier alpha value is -3.72. The standard InChI is InChI=1S/C42H54O6/c1-30(17-13-18-32(3)21-22-37-38(5,6)25-35(45)26-40(37,9)46)15-11-12-16-31(2)19-14-20-34(29-43)23-24-42-39(7,8)27-36(47-33(4)44)28-41(42,10)48-42/h11-21,29,35-36,45-46H,25-28H2,1-10H3. The van der Waals surface area contributed by atoms with Crippen LogP contribution in [0.25, 0.3) is 0 Å². The van der Waals surface area contributed by atoms with Crippen LogP contribution in [0, 0.1) is 22.7 Å². The lowest BCUT2D eigenvalue weighted by Crippen LogP contribution is -2.47. The summed E-state index contributed by atoms with van der Waals surface area (Å²) in [6.45, 7) is 19.4. The van der Waals surface area contributed by atoms with Crippen molar-refractivity contribution in [1.82, 2.24) is 0 Å². The van der Waals surface area contributed by atoms with Crippen LogP contribution >= 0.6 is 0 Å². The van der Waals surface area contributed by atoms with E-state index in [9.17, 15) is 19.8 Å². The molecule has 3 rings (SSSR count). The summed E-state index contributed by atoms with van der Waals surface area (Å²) in [5.74, 6) is 5.99. The van der Waals surface area contributed by atoms with Crippen molar-refractivity contribution < 1.29 is 29.3 Å². The molecule has 0 aromatic heterocycles. The molecule has 258 valence electrons. The third-order valence-electron chi connectivity index (χ3n) is 9.45. The van der Waals surface area contributed by atoms with E-state index in [1.54, 1.807) is 13.0 Å². The summed E-state index contributed by atoms with van der Waals surface area (Å²) >= 11 is 0. The summed E-state index contributed by atoms with van der Waals surface area (Å²) in [7, 11) is 0. The third kappa shape index (κ3) is 9.68. The highest BCUT2D eigenvalue weighted by Gasteiger charge is 2.76. The largest absolute Gasteiger partial charge is 0.462 e. The van der Waals surface area contributed by atoms with Crippen molar-refractivity contribution >= 4 is 12.3 Å². The minimum atomic E-state index is -1.08. The molecule has 1 aliphatic heterocycles. The number of carbonyl (C=O) groups excluding carboxylic acids is 2. The number of epoxide rings is 1. The van der Waals surface area contributed by atoms with Crippen molar-refractivity contribution in [3.8, 4) is 11.8 Å². The summed E-state index contributed by atoms with van der Waals surface area (Å²) in [6.07, 6.45) is 23.5. The fraction of sp³-hybridized carbons (Fsp3) is 0.500. The van der Waals surface area contributed by atoms with Gasteiger partial charge in [0.15, 0.2) is 11.9 Å². The molecule has 0 radical (unpaired) electrons. The van der Waals surface area contributed by atoms with E-state index in [1.165, 1.54) is 6.92 Å². The molecule has 3 aliphatic rings. The number of hydrogen-bond donors (Lipinski definition) is 2. The zero-order valence-corrected chi connectivity index (χ0v) is 30.4. The zero-order valence-electron chi connectivity index (χ0n) is 30.4. The van der Waals surface area contributed by atoms with E-state index in [1.807, 2.05) is 102 Å². The van der Waals surface area contributed by atoms with Crippen molar-refractivity contribution in [1.29, 1.82) is 0 Å². The van der Waals surface area contributed by atoms with Crippen molar-refractivity contribution in [3.63, 3.8) is 0 Å². The number of allylic oxidation sites excluding steroid dienone is 14. The lowest BCUT2D eigenvalue weighted by Gasteiger charge is -2.43. The number of rotatable bonds is 9. The summed E-state index contributed by atoms with van der Waals surface area (Å²) in [5, 5.41) is 21.0. The maximum absolute atomic E-state index is 11.8. The molecule has 5 unspecified atom stereocenters. The van der Waals surface area contributed by atoms with Gasteiger partial charge in [0.05, 0.1) is 17.3 Å². The van der Waals surface area contributed by atoms with E-state index < -0.39 is 22.9 Å². The zero-order chi connectivity index (χ0) is 36.0. The van der Waals surface area contributed by atoms with E-state index in [4.69, 9.17) is 9.47 Å². The average Bonchev–Trinajstić information content (AvgIpc) is 3.56. The van der Waals surface area contributed by atoms with Gasteiger partial charge in [0.25, 0.3) is 0 Å². The van der Waals surface area contributed by atoms with Gasteiger partial charge in [0.2, 0.25) is 0 Å². The Morgan fingerprint density at radius 3 is 1.96 bits per heavy atom. The summed E-state index contributed by atoms with van der Waals surface area (Å²) < 4.78 is 11.7. The van der Waals surface area contributed by atoms with E-state index in [2.05, 4.69) is 31.4 Å². The molecule has 1 saturated heterocycles. The maximum Gasteiger partial charge on any atom is 0.302 e. The molecule has 0 spiro atoms. The first-order valence-corrected chi connectivity index (χ1v) is 16.7. The van der Waals surface area contributed by atoms with Crippen LogP contribution in [0.5, 0.6) is 0 Å². The first-order valence-electron chi connectivity index (χ1n) is 16.7. The van der Waals surface area contributed by atoms with Crippen LogP contribution in [0.2, 0.25) is 0 Å². The molecule has 2 N–H and O–H groups in total. The topological polar surface area (TPSA) is 96.4 Å². The fourth-order valence-corrected chi connectivity index (χ4v) is 7.31. The number of aliphatic hydroxyl groups excluding tert-OH is 1. The monoisotopic (exact) mass is 654 g/mol. The minimum Gasteiger partial charge on any atom is -0.462 e. The first-order chi connectivity index (χ1) is 22.3. The second kappa shape index (κ2) is 15.2. The Bertz CT molecular complexity index is 1580. The van der Waals surface area contributed by atoms with Gasteiger partial charge in [-0.3, -0.25) is 9.59 Å². The molecule has 0 bridgehead atoms. The number of aldehydes is 1. The highest BCUT2D eigenvalue weighted by Crippen LogP contribution is 2.65. The fourth-order valence-electron chi connectivity index (χ4n) is 7.31. The van der Waals surface area contributed by atoms with Crippen LogP contribution in [0.4, 0.5) is 0 Å². The van der Waals surface area contributed by atoms with Gasteiger partial charge in [-0.15, -0.1) is 5.73 Å². The predicted molar refractivity (Wildman–Crippen MR) is 193 cm³/mol. The van der Waals surface area contributed by atoms with Crippen molar-refractivity contribution in [2.24, 2.45) is 10.8 Å². The number of aliphatic hydroxyl groups is 2. The van der Waals surface area contributed by atoms with Crippen LogP contribution in [0.1, 0.15) is 94.9 Å². The van der Waals surface area contributed by atoms with E-state index in [0.717, 1.165) is 28.6 Å². The van der Waals surface area contributed by atoms with Gasteiger partial charge in [0, 0.05) is 30.8 Å². The van der Waals surface area contributed by atoms with Gasteiger partial charge in [0.1, 0.15) is 11.7 Å². The number of carbonyl (C=O) groups is 2. The normalized spacial score (nSPS) is 32.0. The molecule has 3 fully saturated rings. The highest BCUT2D eigenvalue weighted by atomic mass is 16.6. The summed E-state index contributed by atoms with van der Waals surface area (Å²) in [5.41, 5.74) is 4.65. The minimum absolute atomic E-state index is 0.209. The molecule has 0 aromatic rings. The van der Waals surface area contributed by atoms with Crippen molar-refractivity contribution in [2.75, 3.05) is 0 Å². The number of fused-ring (bicyclic) bond motifs is 1. The molecule has 2 aliphatic carbocycles. The average molecular weight is 655 g/mol. The van der Waals surface area contributed by atoms with Crippen molar-refractivity contribution in [3.05, 3.63) is 100 Å². The van der Waals surface area contributed by atoms with Gasteiger partial charge in [-0.1, -0.05) is 105 Å². The molecule has 0 amide bonds. The maximum atomic E-state index is 11.8. The van der Waals surface area contributed by atoms with Gasteiger partial charge >= 0.3 is 5.97 Å². The van der Waals surface area contributed by atoms with Gasteiger partial charge in [-0.05, 0) is 70.6 Å². The van der Waals surface area contributed by atoms with Crippen molar-refractivity contribution in [2.45, 2.75) is 124 Å². The van der Waals surface area contributed by atoms with Gasteiger partial charge in [-0.2, -0.15) is 0 Å². The number of ether oxygens (including phenoxy) is 2. The molecule has 6 heteroatoms. The second-order valence-electron chi connectivity index (χ2n) is 15.2. The highest BCUT2D eigenvalue weighted by molar-refractivity contribution is 5.81. The predicted octanol–water partition coefficient (Wildman–Crippen LogP) is 7.92. The van der Waals surface area contributed by atoms with Crippen LogP contribution < -0.4 is 0 Å². The van der Waals surface area contributed by atoms with Gasteiger partial charge < -0.3 is 19.7 Å². The third-order valence-corrected chi connectivity index (χ3v) is 9.45. The van der Waals surface area contributed by atoms with Crippen LogP contribution in [0.3, 0.4) is 0 Å². The molecule has 48 heavy (non-hydrogen) atoms. The molecule has 1 heterocycles. The van der Waals surface area contributed by atoms with E-state index >= 15 is 0 Å². The van der Waals surface area contributed by atoms with Crippen LogP contribution in [0.15, 0.2) is 100 Å². The molecule has 5 atom stereocenters. The lowest BCUT2D eigenvalue weighted by atomic mass is 9.63. The van der Waals surface area contributed by atoms with Gasteiger partial charge in [-0.25, -0.2) is 0 Å². The quantitative estimate of drug-likeness (QED) is 0.0499. The molecule has 0 aromatic carbocycles. The smallest absolute Gasteiger partial charge is 0.302 e. The second-order valence-corrected chi connectivity index (χ2v) is 15.2. The lowest BCUT2D eigenvalue weighted by molar-refractivity contribution is -0.149. The Balaban J connectivity index is 1.58. The molecular weight excluding hydrogens is 600 g/mol. The Labute approximate surface area is 288 Å². The van der Waals surface area contributed by atoms with E-state index in [-0.39, 0.29) is 22.9 Å². The summed E-state index contributed by atoms with van der Waals surface area (Å²) in [4.78, 5) is 23.3. The van der Waals surface area contributed by atoms with Crippen LogP contribution in [-0.4, -0.2) is 51.5 Å². The first kappa shape index (κ1) is 38.7. The molecule has 6 nitrogen and oxygen atoms in total. The Morgan fingerprint density at radius 1 is 0.833 bits per heavy atom. The van der Waals surface area contributed by atoms with Crippen LogP contribution in [-0.2, 0) is 19.1 Å². The molecular formula is C42H54O6. The van der Waals surface area contributed by atoms with E-state index in [0.29, 0.717) is 31.3 Å². The Morgan fingerprint density at radius 2 is 1.42 bits per heavy atom. The Kier molecular flexibility index (Phi) is 12.3. The number of esters is 1. The number of hydrogen-bond acceptors (Lipinski definition) is 6. The summed E-state index contributed by atoms with van der Waals surface area (Å²) in [6, 6.07) is 0. The SMILES string of the molecule is CC(=O)OC1CC(C)(C)C2(C#CC(C=O)=CC=CC(C)=CC=CC=C(C)C=CC=C(C)C=C=C3C(C)(C)CC(O)CC3(C)O)OC2(C)C1. The molecule has 2 saturated carbocycles.